The molecule has 4 nitrogen and oxygen atoms in total. The summed E-state index contributed by atoms with van der Waals surface area (Å²) in [5, 5.41) is 7.88. The minimum atomic E-state index is 0.0662. The molecular weight excluding hydrogens is 178 g/mol. The Morgan fingerprint density at radius 2 is 2.50 bits per heavy atom. The normalized spacial score (nSPS) is 21.8. The van der Waals surface area contributed by atoms with E-state index in [0.717, 1.165) is 37.9 Å². The molecule has 0 amide bonds. The summed E-state index contributed by atoms with van der Waals surface area (Å²) in [5.74, 6) is 0.418. The zero-order valence-electron chi connectivity index (χ0n) is 8.44. The zero-order valence-corrected chi connectivity index (χ0v) is 8.44. The van der Waals surface area contributed by atoms with E-state index in [1.165, 1.54) is 0 Å². The predicted molar refractivity (Wildman–Crippen MR) is 51.9 cm³/mol. The lowest BCUT2D eigenvalue weighted by Gasteiger charge is -2.09. The van der Waals surface area contributed by atoms with Gasteiger partial charge in [-0.2, -0.15) is 0 Å². The van der Waals surface area contributed by atoms with Gasteiger partial charge in [-0.25, -0.2) is 4.68 Å². The summed E-state index contributed by atoms with van der Waals surface area (Å²) < 4.78 is 1.87. The Morgan fingerprint density at radius 3 is 3.14 bits per heavy atom. The van der Waals surface area contributed by atoms with Crippen molar-refractivity contribution in [1.82, 2.24) is 15.0 Å². The van der Waals surface area contributed by atoms with Gasteiger partial charge in [0.25, 0.3) is 0 Å². The quantitative estimate of drug-likeness (QED) is 0.731. The first-order valence-corrected chi connectivity index (χ1v) is 5.24. The van der Waals surface area contributed by atoms with Gasteiger partial charge in [0.15, 0.2) is 0 Å². The molecule has 1 aromatic rings. The Bertz CT molecular complexity index is 332. The van der Waals surface area contributed by atoms with Crippen molar-refractivity contribution in [1.29, 1.82) is 0 Å². The number of Topliss-reactive ketones (excluding diaryl/α,β-unsaturated/α-hetero) is 1. The number of hydrogen-bond acceptors (Lipinski definition) is 3. The van der Waals surface area contributed by atoms with Gasteiger partial charge in [-0.3, -0.25) is 4.79 Å². The number of hydrogen-bond donors (Lipinski definition) is 0. The molecule has 4 heteroatoms. The summed E-state index contributed by atoms with van der Waals surface area (Å²) in [5.41, 5.74) is 1.01. The summed E-state index contributed by atoms with van der Waals surface area (Å²) in [6, 6.07) is 0. The number of aryl methyl sites for hydroxylation is 1. The lowest BCUT2D eigenvalue weighted by molar-refractivity contribution is -0.118. The molecule has 1 fully saturated rings. The molecule has 1 unspecified atom stereocenters. The summed E-state index contributed by atoms with van der Waals surface area (Å²) in [7, 11) is 0. The maximum absolute atomic E-state index is 11.6. The van der Waals surface area contributed by atoms with Crippen LogP contribution in [-0.4, -0.2) is 20.8 Å². The molecule has 0 N–H and O–H groups in total. The molecule has 0 spiro atoms. The van der Waals surface area contributed by atoms with Crippen molar-refractivity contribution >= 4 is 5.78 Å². The number of carbonyl (C=O) groups is 1. The van der Waals surface area contributed by atoms with E-state index in [2.05, 4.69) is 17.2 Å². The summed E-state index contributed by atoms with van der Waals surface area (Å²) in [6.07, 6.45) is 5.47. The topological polar surface area (TPSA) is 47.8 Å². The van der Waals surface area contributed by atoms with Gasteiger partial charge in [0.2, 0.25) is 0 Å². The highest BCUT2D eigenvalue weighted by molar-refractivity contribution is 5.87. The molecule has 1 aromatic heterocycles. The van der Waals surface area contributed by atoms with E-state index in [0.29, 0.717) is 5.78 Å². The third-order valence-electron chi connectivity index (χ3n) is 2.74. The average molecular weight is 193 g/mol. The van der Waals surface area contributed by atoms with Crippen molar-refractivity contribution in [3.8, 4) is 0 Å². The number of rotatable bonds is 3. The number of aromatic nitrogens is 3. The first-order valence-electron chi connectivity index (χ1n) is 5.24. The zero-order chi connectivity index (χ0) is 9.97. The summed E-state index contributed by atoms with van der Waals surface area (Å²) in [4.78, 5) is 11.6. The molecule has 0 bridgehead atoms. The molecular formula is C10H15N3O. The fourth-order valence-corrected chi connectivity index (χ4v) is 2.05. The standard InChI is InChI=1S/C10H15N3O/c1-2-6-13-9(7-11-12-13)8-4-3-5-10(8)14/h7-8H,2-6H2,1H3. The van der Waals surface area contributed by atoms with Gasteiger partial charge in [-0.05, 0) is 19.3 Å². The van der Waals surface area contributed by atoms with E-state index >= 15 is 0 Å². The van der Waals surface area contributed by atoms with Crippen LogP contribution in [0.15, 0.2) is 6.20 Å². The van der Waals surface area contributed by atoms with Crippen LogP contribution >= 0.6 is 0 Å². The average Bonchev–Trinajstić information content (AvgIpc) is 2.74. The maximum Gasteiger partial charge on any atom is 0.141 e. The maximum atomic E-state index is 11.6. The molecule has 1 atom stereocenters. The van der Waals surface area contributed by atoms with Gasteiger partial charge in [0.05, 0.1) is 17.8 Å². The van der Waals surface area contributed by atoms with E-state index < -0.39 is 0 Å². The van der Waals surface area contributed by atoms with Gasteiger partial charge in [-0.15, -0.1) is 5.10 Å². The first kappa shape index (κ1) is 9.37. The number of carbonyl (C=O) groups excluding carboxylic acids is 1. The Hall–Kier alpha value is -1.19. The van der Waals surface area contributed by atoms with Gasteiger partial charge in [-0.1, -0.05) is 12.1 Å². The molecule has 0 radical (unpaired) electrons. The van der Waals surface area contributed by atoms with E-state index in [1.54, 1.807) is 6.20 Å². The van der Waals surface area contributed by atoms with Crippen molar-refractivity contribution in [3.05, 3.63) is 11.9 Å². The second kappa shape index (κ2) is 3.90. The Morgan fingerprint density at radius 1 is 1.64 bits per heavy atom. The van der Waals surface area contributed by atoms with Crippen molar-refractivity contribution in [2.24, 2.45) is 0 Å². The number of ketones is 1. The molecule has 1 heterocycles. The van der Waals surface area contributed by atoms with Crippen molar-refractivity contribution in [2.45, 2.75) is 45.1 Å². The highest BCUT2D eigenvalue weighted by Gasteiger charge is 2.28. The minimum absolute atomic E-state index is 0.0662. The van der Waals surface area contributed by atoms with Gasteiger partial charge >= 0.3 is 0 Å². The Balaban J connectivity index is 2.22. The summed E-state index contributed by atoms with van der Waals surface area (Å²) >= 11 is 0. The summed E-state index contributed by atoms with van der Waals surface area (Å²) in [6.45, 7) is 2.96. The van der Waals surface area contributed by atoms with E-state index in [-0.39, 0.29) is 5.92 Å². The van der Waals surface area contributed by atoms with Crippen LogP contribution in [-0.2, 0) is 11.3 Å². The van der Waals surface area contributed by atoms with Gasteiger partial charge in [0, 0.05) is 13.0 Å². The van der Waals surface area contributed by atoms with Crippen LogP contribution in [0.4, 0.5) is 0 Å². The van der Waals surface area contributed by atoms with Crippen LogP contribution in [0.25, 0.3) is 0 Å². The van der Waals surface area contributed by atoms with Crippen LogP contribution in [0, 0.1) is 0 Å². The SMILES string of the molecule is CCCn1nncc1C1CCCC1=O. The van der Waals surface area contributed by atoms with Crippen LogP contribution < -0.4 is 0 Å². The second-order valence-corrected chi connectivity index (χ2v) is 3.79. The van der Waals surface area contributed by atoms with Crippen LogP contribution in [0.1, 0.15) is 44.2 Å². The lowest BCUT2D eigenvalue weighted by atomic mass is 10.0. The van der Waals surface area contributed by atoms with E-state index in [9.17, 15) is 4.79 Å². The van der Waals surface area contributed by atoms with E-state index in [1.807, 2.05) is 4.68 Å². The lowest BCUT2D eigenvalue weighted by Crippen LogP contribution is -2.12. The molecule has 76 valence electrons. The molecule has 1 aliphatic carbocycles. The van der Waals surface area contributed by atoms with Crippen molar-refractivity contribution in [3.63, 3.8) is 0 Å². The third-order valence-corrected chi connectivity index (χ3v) is 2.74. The highest BCUT2D eigenvalue weighted by Crippen LogP contribution is 2.30. The number of nitrogens with zero attached hydrogens (tertiary/aromatic N) is 3. The highest BCUT2D eigenvalue weighted by atomic mass is 16.1. The first-order chi connectivity index (χ1) is 6.83. The smallest absolute Gasteiger partial charge is 0.141 e. The van der Waals surface area contributed by atoms with Gasteiger partial charge < -0.3 is 0 Å². The molecule has 1 saturated carbocycles. The Labute approximate surface area is 83.3 Å². The molecule has 0 saturated heterocycles. The van der Waals surface area contributed by atoms with Crippen molar-refractivity contribution in [2.75, 3.05) is 0 Å². The fraction of sp³-hybridized carbons (Fsp3) is 0.700. The fourth-order valence-electron chi connectivity index (χ4n) is 2.05. The second-order valence-electron chi connectivity index (χ2n) is 3.79. The predicted octanol–water partition coefficient (Wildman–Crippen LogP) is 1.52. The van der Waals surface area contributed by atoms with Crippen molar-refractivity contribution < 1.29 is 4.79 Å². The van der Waals surface area contributed by atoms with E-state index in [4.69, 9.17) is 0 Å². The molecule has 0 aromatic carbocycles. The van der Waals surface area contributed by atoms with Gasteiger partial charge in [0.1, 0.15) is 5.78 Å². The van der Waals surface area contributed by atoms with Crippen LogP contribution in [0.3, 0.4) is 0 Å². The molecule has 14 heavy (non-hydrogen) atoms. The minimum Gasteiger partial charge on any atom is -0.299 e. The van der Waals surface area contributed by atoms with Crippen LogP contribution in [0.2, 0.25) is 0 Å². The monoisotopic (exact) mass is 193 g/mol. The molecule has 1 aliphatic rings. The molecule has 0 aliphatic heterocycles. The third kappa shape index (κ3) is 1.56. The molecule has 2 rings (SSSR count). The Kier molecular flexibility index (Phi) is 2.61. The van der Waals surface area contributed by atoms with Crippen LogP contribution in [0.5, 0.6) is 0 Å². The largest absolute Gasteiger partial charge is 0.299 e.